The molecule has 2 N–H and O–H groups in total. The molecule has 2 atom stereocenters. The normalized spacial score (nSPS) is 26.7. The Labute approximate surface area is 143 Å². The van der Waals surface area contributed by atoms with Gasteiger partial charge in [0.05, 0.1) is 11.6 Å². The van der Waals surface area contributed by atoms with Gasteiger partial charge in [-0.2, -0.15) is 0 Å². The molecule has 128 valence electrons. The Hall–Kier alpha value is -0.970. The molecule has 0 amide bonds. The lowest BCUT2D eigenvalue weighted by atomic mass is 9.83. The van der Waals surface area contributed by atoms with Gasteiger partial charge < -0.3 is 20.1 Å². The van der Waals surface area contributed by atoms with Crippen molar-refractivity contribution >= 4 is 17.3 Å². The van der Waals surface area contributed by atoms with Gasteiger partial charge >= 0.3 is 0 Å². The summed E-state index contributed by atoms with van der Waals surface area (Å²) in [5, 5.41) is 13.3. The van der Waals surface area contributed by atoms with E-state index in [0.29, 0.717) is 22.9 Å². The minimum Gasteiger partial charge on any atom is -0.490 e. The van der Waals surface area contributed by atoms with E-state index in [4.69, 9.17) is 21.4 Å². The molecule has 1 aliphatic heterocycles. The van der Waals surface area contributed by atoms with Crippen molar-refractivity contribution in [3.8, 4) is 5.75 Å². The molecule has 2 fully saturated rings. The van der Waals surface area contributed by atoms with Crippen LogP contribution in [0.5, 0.6) is 5.75 Å². The number of hydrogen-bond donors (Lipinski definition) is 2. The van der Waals surface area contributed by atoms with E-state index in [9.17, 15) is 0 Å². The Morgan fingerprint density at radius 3 is 2.87 bits per heavy atom. The molecule has 0 bridgehead atoms. The number of nitrogens with one attached hydrogen (secondary N) is 1. The first kappa shape index (κ1) is 16.9. The van der Waals surface area contributed by atoms with E-state index in [1.807, 2.05) is 12.1 Å². The first-order valence-corrected chi connectivity index (χ1v) is 8.95. The fourth-order valence-electron chi connectivity index (χ4n) is 3.97. The van der Waals surface area contributed by atoms with Crippen LogP contribution in [-0.4, -0.2) is 42.5 Å². The van der Waals surface area contributed by atoms with Crippen LogP contribution in [0, 0.1) is 0 Å². The van der Waals surface area contributed by atoms with E-state index in [1.165, 1.54) is 25.7 Å². The maximum Gasteiger partial charge on any atom is 0.138 e. The molecule has 0 aromatic heterocycles. The summed E-state index contributed by atoms with van der Waals surface area (Å²) in [6.07, 6.45) is 5.09. The van der Waals surface area contributed by atoms with Crippen molar-refractivity contribution in [3.05, 3.63) is 23.2 Å². The molecule has 1 aliphatic carbocycles. The van der Waals surface area contributed by atoms with Crippen LogP contribution in [0.15, 0.2) is 18.2 Å². The Morgan fingerprint density at radius 1 is 1.35 bits per heavy atom. The standard InChI is InChI=1S/C18H27ClN2O2/c1-18(2)12-21(16-6-4-3-5-15(16)20-18)13-7-8-17(14(19)11-13)23-10-9-22/h7-8,11,15-16,20,22H,3-6,9-10,12H2,1-2H3/t15-,16-/m1/s1. The fourth-order valence-corrected chi connectivity index (χ4v) is 4.20. The fraction of sp³-hybridized carbons (Fsp3) is 0.667. The van der Waals surface area contributed by atoms with Gasteiger partial charge in [0.15, 0.2) is 0 Å². The molecule has 23 heavy (non-hydrogen) atoms. The zero-order chi connectivity index (χ0) is 16.4. The first-order chi connectivity index (χ1) is 11.0. The maximum atomic E-state index is 8.88. The molecule has 1 heterocycles. The van der Waals surface area contributed by atoms with Crippen molar-refractivity contribution in [2.75, 3.05) is 24.7 Å². The van der Waals surface area contributed by atoms with Crippen LogP contribution in [-0.2, 0) is 0 Å². The number of ether oxygens (including phenoxy) is 1. The largest absolute Gasteiger partial charge is 0.490 e. The van der Waals surface area contributed by atoms with E-state index < -0.39 is 0 Å². The van der Waals surface area contributed by atoms with Crippen molar-refractivity contribution in [1.29, 1.82) is 0 Å². The van der Waals surface area contributed by atoms with Crippen LogP contribution in [0.4, 0.5) is 5.69 Å². The predicted molar refractivity (Wildman–Crippen MR) is 94.6 cm³/mol. The molecule has 5 heteroatoms. The third-order valence-corrected chi connectivity index (χ3v) is 5.16. The van der Waals surface area contributed by atoms with Crippen LogP contribution in [0.25, 0.3) is 0 Å². The van der Waals surface area contributed by atoms with Gasteiger partial charge in [0.25, 0.3) is 0 Å². The van der Waals surface area contributed by atoms with Gasteiger partial charge in [-0.25, -0.2) is 0 Å². The van der Waals surface area contributed by atoms with E-state index in [-0.39, 0.29) is 18.8 Å². The van der Waals surface area contributed by atoms with E-state index in [1.54, 1.807) is 0 Å². The molecule has 0 radical (unpaired) electrons. The summed E-state index contributed by atoms with van der Waals surface area (Å²) >= 11 is 6.38. The Balaban J connectivity index is 1.84. The number of rotatable bonds is 4. The molecule has 1 saturated carbocycles. The average Bonchev–Trinajstić information content (AvgIpc) is 2.52. The minimum absolute atomic E-state index is 0.00613. The number of aliphatic hydroxyl groups excluding tert-OH is 1. The molecular formula is C18H27ClN2O2. The Bertz CT molecular complexity index is 550. The summed E-state index contributed by atoms with van der Waals surface area (Å²) in [7, 11) is 0. The number of benzene rings is 1. The molecule has 3 rings (SSSR count). The molecule has 1 aromatic rings. The third-order valence-electron chi connectivity index (χ3n) is 4.87. The monoisotopic (exact) mass is 338 g/mol. The van der Waals surface area contributed by atoms with Crippen molar-refractivity contribution in [3.63, 3.8) is 0 Å². The predicted octanol–water partition coefficient (Wildman–Crippen LogP) is 3.21. The topological polar surface area (TPSA) is 44.7 Å². The van der Waals surface area contributed by atoms with Gasteiger partial charge in [0, 0.05) is 29.9 Å². The minimum atomic E-state index is -0.00613. The number of halogens is 1. The van der Waals surface area contributed by atoms with Crippen LogP contribution >= 0.6 is 11.6 Å². The second-order valence-corrected chi connectivity index (χ2v) is 7.71. The molecule has 0 unspecified atom stereocenters. The SMILES string of the molecule is CC1(C)CN(c2ccc(OCCO)c(Cl)c2)[C@@H]2CCCC[C@H]2N1. The van der Waals surface area contributed by atoms with Gasteiger partial charge in [-0.3, -0.25) is 0 Å². The number of anilines is 1. The lowest BCUT2D eigenvalue weighted by molar-refractivity contribution is 0.198. The Morgan fingerprint density at radius 2 is 2.13 bits per heavy atom. The molecule has 0 spiro atoms. The van der Waals surface area contributed by atoms with Crippen molar-refractivity contribution < 1.29 is 9.84 Å². The first-order valence-electron chi connectivity index (χ1n) is 8.58. The number of nitrogens with zero attached hydrogens (tertiary/aromatic N) is 1. The van der Waals surface area contributed by atoms with Crippen LogP contribution < -0.4 is 15.0 Å². The second kappa shape index (κ2) is 6.88. The molecule has 4 nitrogen and oxygen atoms in total. The van der Waals surface area contributed by atoms with Gasteiger partial charge in [-0.15, -0.1) is 0 Å². The number of aliphatic hydroxyl groups is 1. The van der Waals surface area contributed by atoms with Crippen molar-refractivity contribution in [1.82, 2.24) is 5.32 Å². The van der Waals surface area contributed by atoms with Gasteiger partial charge in [0.2, 0.25) is 0 Å². The van der Waals surface area contributed by atoms with Crippen LogP contribution in [0.1, 0.15) is 39.5 Å². The Kier molecular flexibility index (Phi) is 5.04. The van der Waals surface area contributed by atoms with Gasteiger partial charge in [-0.1, -0.05) is 24.4 Å². The lowest BCUT2D eigenvalue weighted by Gasteiger charge is -2.52. The molecular weight excluding hydrogens is 312 g/mol. The molecule has 1 aromatic carbocycles. The highest BCUT2D eigenvalue weighted by Crippen LogP contribution is 2.36. The highest BCUT2D eigenvalue weighted by Gasteiger charge is 2.40. The van der Waals surface area contributed by atoms with Crippen LogP contribution in [0.2, 0.25) is 5.02 Å². The highest BCUT2D eigenvalue weighted by atomic mass is 35.5. The van der Waals surface area contributed by atoms with Crippen molar-refractivity contribution in [2.24, 2.45) is 0 Å². The highest BCUT2D eigenvalue weighted by molar-refractivity contribution is 6.32. The van der Waals surface area contributed by atoms with E-state index >= 15 is 0 Å². The number of hydrogen-bond acceptors (Lipinski definition) is 4. The van der Waals surface area contributed by atoms with Crippen LogP contribution in [0.3, 0.4) is 0 Å². The summed E-state index contributed by atoms with van der Waals surface area (Å²) in [6.45, 7) is 5.77. The zero-order valence-electron chi connectivity index (χ0n) is 14.0. The van der Waals surface area contributed by atoms with E-state index in [2.05, 4.69) is 30.1 Å². The smallest absolute Gasteiger partial charge is 0.138 e. The van der Waals surface area contributed by atoms with Crippen molar-refractivity contribution in [2.45, 2.75) is 57.2 Å². The third kappa shape index (κ3) is 3.76. The summed E-state index contributed by atoms with van der Waals surface area (Å²) < 4.78 is 5.46. The summed E-state index contributed by atoms with van der Waals surface area (Å²) in [4.78, 5) is 2.52. The zero-order valence-corrected chi connectivity index (χ0v) is 14.8. The summed E-state index contributed by atoms with van der Waals surface area (Å²) in [5.41, 5.74) is 1.26. The van der Waals surface area contributed by atoms with Gasteiger partial charge in [0.1, 0.15) is 12.4 Å². The number of piperazine rings is 1. The average molecular weight is 339 g/mol. The van der Waals surface area contributed by atoms with E-state index in [0.717, 1.165) is 12.2 Å². The lowest BCUT2D eigenvalue weighted by Crippen LogP contribution is -2.67. The van der Waals surface area contributed by atoms with Gasteiger partial charge in [-0.05, 0) is 44.9 Å². The summed E-state index contributed by atoms with van der Waals surface area (Å²) in [5.74, 6) is 0.638. The molecule has 1 saturated heterocycles. The second-order valence-electron chi connectivity index (χ2n) is 7.30. The quantitative estimate of drug-likeness (QED) is 0.885. The summed E-state index contributed by atoms with van der Waals surface area (Å²) in [6, 6.07) is 7.10. The molecule has 2 aliphatic rings. The maximum absolute atomic E-state index is 8.88. The number of fused-ring (bicyclic) bond motifs is 1.